The molecule has 0 spiro atoms. The predicted molar refractivity (Wildman–Crippen MR) is 55.2 cm³/mol. The third-order valence-corrected chi connectivity index (χ3v) is 3.30. The van der Waals surface area contributed by atoms with Gasteiger partial charge in [0.05, 0.1) is 0 Å². The van der Waals surface area contributed by atoms with Crippen molar-refractivity contribution in [1.82, 2.24) is 0 Å². The van der Waals surface area contributed by atoms with Crippen LogP contribution in [0.2, 0.25) is 0 Å². The lowest BCUT2D eigenvalue weighted by Crippen LogP contribution is -1.96. The van der Waals surface area contributed by atoms with Gasteiger partial charge >= 0.3 is 0 Å². The first kappa shape index (κ1) is 9.83. The molecule has 0 heterocycles. The first-order valence-electron chi connectivity index (χ1n) is 5.46. The zero-order valence-corrected chi connectivity index (χ0v) is 8.77. The van der Waals surface area contributed by atoms with Crippen molar-refractivity contribution in [2.24, 2.45) is 11.8 Å². The number of rotatable bonds is 5. The minimum Gasteiger partial charge on any atom is -0.0881 e. The highest BCUT2D eigenvalue weighted by molar-refractivity contribution is 5.21. The smallest absolute Gasteiger partial charge is 0.0166 e. The molecule has 0 amide bonds. The number of allylic oxidation sites excluding steroid dienone is 2. The average Bonchev–Trinajstić information content (AvgIpc) is 2.85. The van der Waals surface area contributed by atoms with E-state index in [-0.39, 0.29) is 0 Å². The molecule has 0 bridgehead atoms. The summed E-state index contributed by atoms with van der Waals surface area (Å²) in [5, 5.41) is 0. The van der Waals surface area contributed by atoms with E-state index in [1.807, 2.05) is 0 Å². The van der Waals surface area contributed by atoms with Crippen LogP contribution in [-0.2, 0) is 0 Å². The summed E-state index contributed by atoms with van der Waals surface area (Å²) in [7, 11) is 0. The van der Waals surface area contributed by atoms with Crippen LogP contribution in [0.5, 0.6) is 0 Å². The normalized spacial score (nSPS) is 25.3. The van der Waals surface area contributed by atoms with Gasteiger partial charge in [-0.1, -0.05) is 38.3 Å². The van der Waals surface area contributed by atoms with Gasteiger partial charge in [0.1, 0.15) is 0 Å². The maximum atomic E-state index is 2.32. The van der Waals surface area contributed by atoms with Crippen LogP contribution >= 0.6 is 0 Å². The second-order valence-electron chi connectivity index (χ2n) is 4.02. The molecular formula is C12H22. The van der Waals surface area contributed by atoms with Crippen molar-refractivity contribution in [2.45, 2.75) is 52.9 Å². The molecule has 0 aromatic carbocycles. The Morgan fingerprint density at radius 1 is 1.42 bits per heavy atom. The summed E-state index contributed by atoms with van der Waals surface area (Å²) in [5.41, 5.74) is 1.71. The highest BCUT2D eigenvalue weighted by Gasteiger charge is 2.28. The maximum Gasteiger partial charge on any atom is -0.0166 e. The van der Waals surface area contributed by atoms with Gasteiger partial charge in [-0.2, -0.15) is 0 Å². The van der Waals surface area contributed by atoms with E-state index in [2.05, 4.69) is 26.8 Å². The van der Waals surface area contributed by atoms with Gasteiger partial charge in [0.2, 0.25) is 0 Å². The largest absolute Gasteiger partial charge is 0.0881 e. The molecule has 0 heteroatoms. The van der Waals surface area contributed by atoms with Crippen molar-refractivity contribution in [2.75, 3.05) is 0 Å². The second-order valence-corrected chi connectivity index (χ2v) is 4.02. The summed E-state index contributed by atoms with van der Waals surface area (Å²) in [6.45, 7) is 6.81. The molecular weight excluding hydrogens is 144 g/mol. The topological polar surface area (TPSA) is 0 Å². The molecule has 1 aliphatic carbocycles. The van der Waals surface area contributed by atoms with Crippen LogP contribution in [0, 0.1) is 11.8 Å². The van der Waals surface area contributed by atoms with E-state index in [0.717, 1.165) is 11.8 Å². The van der Waals surface area contributed by atoms with E-state index in [9.17, 15) is 0 Å². The molecule has 0 saturated heterocycles. The van der Waals surface area contributed by atoms with E-state index in [1.54, 1.807) is 5.57 Å². The van der Waals surface area contributed by atoms with Crippen LogP contribution < -0.4 is 0 Å². The molecule has 1 saturated carbocycles. The van der Waals surface area contributed by atoms with Gasteiger partial charge in [-0.25, -0.2) is 0 Å². The Morgan fingerprint density at radius 3 is 2.50 bits per heavy atom. The monoisotopic (exact) mass is 166 g/mol. The lowest BCUT2D eigenvalue weighted by atomic mass is 9.96. The summed E-state index contributed by atoms with van der Waals surface area (Å²) >= 11 is 0. The third-order valence-electron chi connectivity index (χ3n) is 3.30. The Morgan fingerprint density at radius 2 is 2.08 bits per heavy atom. The van der Waals surface area contributed by atoms with Gasteiger partial charge in [0, 0.05) is 0 Å². The molecule has 0 N–H and O–H groups in total. The number of hydrogen-bond acceptors (Lipinski definition) is 0. The molecule has 1 unspecified atom stereocenters. The highest BCUT2D eigenvalue weighted by Crippen LogP contribution is 2.42. The van der Waals surface area contributed by atoms with Crippen LogP contribution in [0.4, 0.5) is 0 Å². The van der Waals surface area contributed by atoms with Gasteiger partial charge in [0.15, 0.2) is 0 Å². The minimum atomic E-state index is 0.982. The Hall–Kier alpha value is -0.260. The van der Waals surface area contributed by atoms with Crippen LogP contribution in [0.1, 0.15) is 52.9 Å². The van der Waals surface area contributed by atoms with Gasteiger partial charge in [-0.3, -0.25) is 0 Å². The predicted octanol–water partition coefficient (Wildman–Crippen LogP) is 4.17. The summed E-state index contributed by atoms with van der Waals surface area (Å²) in [5.74, 6) is 1.97. The fourth-order valence-electron chi connectivity index (χ4n) is 2.00. The third kappa shape index (κ3) is 2.66. The Balaban J connectivity index is 2.10. The minimum absolute atomic E-state index is 0.982. The summed E-state index contributed by atoms with van der Waals surface area (Å²) in [6.07, 6.45) is 9.35. The lowest BCUT2D eigenvalue weighted by Gasteiger charge is -2.10. The van der Waals surface area contributed by atoms with Gasteiger partial charge in [-0.15, -0.1) is 0 Å². The number of hydrogen-bond donors (Lipinski definition) is 0. The average molecular weight is 166 g/mol. The molecule has 0 aliphatic heterocycles. The molecule has 1 rings (SSSR count). The van der Waals surface area contributed by atoms with Gasteiger partial charge in [0.25, 0.3) is 0 Å². The zero-order chi connectivity index (χ0) is 8.97. The van der Waals surface area contributed by atoms with Crippen molar-refractivity contribution >= 4 is 0 Å². The summed E-state index contributed by atoms with van der Waals surface area (Å²) in [4.78, 5) is 0. The molecule has 1 atom stereocenters. The molecule has 0 aromatic heterocycles. The van der Waals surface area contributed by atoms with Crippen molar-refractivity contribution in [3.8, 4) is 0 Å². The van der Waals surface area contributed by atoms with E-state index in [1.165, 1.54) is 32.1 Å². The van der Waals surface area contributed by atoms with Crippen LogP contribution in [-0.4, -0.2) is 0 Å². The second kappa shape index (κ2) is 4.69. The zero-order valence-electron chi connectivity index (χ0n) is 8.77. The van der Waals surface area contributed by atoms with E-state index >= 15 is 0 Å². The van der Waals surface area contributed by atoms with E-state index in [0.29, 0.717) is 0 Å². The fraction of sp³-hybridized carbons (Fsp3) is 0.833. The highest BCUT2D eigenvalue weighted by atomic mass is 14.3. The Kier molecular flexibility index (Phi) is 3.84. The SMILES string of the molecule is CC=C1CC1CCC(CC)CC. The van der Waals surface area contributed by atoms with Gasteiger partial charge < -0.3 is 0 Å². The van der Waals surface area contributed by atoms with Gasteiger partial charge in [-0.05, 0) is 38.0 Å². The van der Waals surface area contributed by atoms with Crippen molar-refractivity contribution < 1.29 is 0 Å². The maximum absolute atomic E-state index is 2.32. The Bertz CT molecular complexity index is 151. The quantitative estimate of drug-likeness (QED) is 0.538. The summed E-state index contributed by atoms with van der Waals surface area (Å²) in [6, 6.07) is 0. The summed E-state index contributed by atoms with van der Waals surface area (Å²) < 4.78 is 0. The van der Waals surface area contributed by atoms with E-state index < -0.39 is 0 Å². The first-order valence-corrected chi connectivity index (χ1v) is 5.46. The lowest BCUT2D eigenvalue weighted by molar-refractivity contribution is 0.431. The molecule has 12 heavy (non-hydrogen) atoms. The Labute approximate surface area is 77.1 Å². The van der Waals surface area contributed by atoms with Crippen LogP contribution in [0.15, 0.2) is 11.6 Å². The molecule has 1 aliphatic rings. The van der Waals surface area contributed by atoms with Crippen molar-refractivity contribution in [3.05, 3.63) is 11.6 Å². The molecule has 0 radical (unpaired) electrons. The van der Waals surface area contributed by atoms with Crippen LogP contribution in [0.3, 0.4) is 0 Å². The standard InChI is InChI=1S/C12H22/c1-4-10(5-2)7-8-12-9-11(12)6-3/h6,10,12H,4-5,7-9H2,1-3H3. The molecule has 0 nitrogen and oxygen atoms in total. The fourth-order valence-corrected chi connectivity index (χ4v) is 2.00. The van der Waals surface area contributed by atoms with Crippen LogP contribution in [0.25, 0.3) is 0 Å². The van der Waals surface area contributed by atoms with Crippen molar-refractivity contribution in [3.63, 3.8) is 0 Å². The molecule has 1 fully saturated rings. The first-order chi connectivity index (χ1) is 5.81. The molecule has 0 aromatic rings. The van der Waals surface area contributed by atoms with Crippen molar-refractivity contribution in [1.29, 1.82) is 0 Å². The van der Waals surface area contributed by atoms with E-state index in [4.69, 9.17) is 0 Å². The molecule has 70 valence electrons.